The van der Waals surface area contributed by atoms with E-state index in [0.29, 0.717) is 18.9 Å². The van der Waals surface area contributed by atoms with E-state index < -0.39 is 11.7 Å². The summed E-state index contributed by atoms with van der Waals surface area (Å²) in [6.45, 7) is 4.75. The summed E-state index contributed by atoms with van der Waals surface area (Å²) in [5, 5.41) is 2.91. The van der Waals surface area contributed by atoms with E-state index in [1.165, 1.54) is 0 Å². The van der Waals surface area contributed by atoms with Crippen LogP contribution in [-0.4, -0.2) is 30.0 Å². The zero-order valence-electron chi connectivity index (χ0n) is 13.0. The molecule has 1 atom stereocenters. The maximum Gasteiger partial charge on any atom is 0.417 e. The van der Waals surface area contributed by atoms with E-state index in [2.05, 4.69) is 10.3 Å². The average molecular weight is 350 g/mol. The summed E-state index contributed by atoms with van der Waals surface area (Å²) in [7, 11) is 0. The smallest absolute Gasteiger partial charge is 0.353 e. The van der Waals surface area contributed by atoms with E-state index in [9.17, 15) is 18.0 Å². The lowest BCUT2D eigenvalue weighted by Crippen LogP contribution is -2.49. The Morgan fingerprint density at radius 2 is 2.17 bits per heavy atom. The number of pyridine rings is 1. The van der Waals surface area contributed by atoms with Crippen LogP contribution in [0.5, 0.6) is 0 Å². The molecule has 0 unspecified atom stereocenters. The normalized spacial score (nSPS) is 19.1. The number of nitrogens with one attached hydrogen (secondary N) is 1. The van der Waals surface area contributed by atoms with Crippen LogP contribution < -0.4 is 10.2 Å². The lowest BCUT2D eigenvalue weighted by atomic mass is 10.0. The molecular weight excluding hydrogens is 331 g/mol. The van der Waals surface area contributed by atoms with E-state index in [-0.39, 0.29) is 22.9 Å². The second-order valence-corrected chi connectivity index (χ2v) is 6.38. The number of carbonyl (C=O) groups excluding carboxylic acids is 1. The monoisotopic (exact) mass is 349 g/mol. The van der Waals surface area contributed by atoms with Gasteiger partial charge >= 0.3 is 6.18 Å². The SMILES string of the molecule is CC(C)C(=O)N[C@H]1CCCN(c2ncc(C(F)(F)F)cc2Cl)C1. The molecule has 2 heterocycles. The number of rotatable bonds is 3. The third-order valence-corrected chi connectivity index (χ3v) is 4.02. The molecule has 128 valence electrons. The number of hydrogen-bond acceptors (Lipinski definition) is 3. The number of aromatic nitrogens is 1. The lowest BCUT2D eigenvalue weighted by Gasteiger charge is -2.34. The van der Waals surface area contributed by atoms with Crippen LogP contribution in [0.4, 0.5) is 19.0 Å². The molecule has 1 amide bonds. The highest BCUT2D eigenvalue weighted by atomic mass is 35.5. The Kier molecular flexibility index (Phi) is 5.39. The minimum absolute atomic E-state index is 0.0318. The fraction of sp³-hybridized carbons (Fsp3) is 0.600. The molecule has 0 spiro atoms. The van der Waals surface area contributed by atoms with Crippen LogP contribution in [0.3, 0.4) is 0 Å². The van der Waals surface area contributed by atoms with Crippen LogP contribution in [-0.2, 0) is 11.0 Å². The van der Waals surface area contributed by atoms with E-state index in [1.807, 2.05) is 18.7 Å². The van der Waals surface area contributed by atoms with E-state index in [0.717, 1.165) is 25.1 Å². The van der Waals surface area contributed by atoms with E-state index in [4.69, 9.17) is 11.6 Å². The predicted octanol–water partition coefficient (Wildman–Crippen LogP) is 3.49. The number of carbonyl (C=O) groups is 1. The van der Waals surface area contributed by atoms with E-state index in [1.54, 1.807) is 0 Å². The minimum atomic E-state index is -4.47. The van der Waals surface area contributed by atoms with Crippen molar-refractivity contribution >= 4 is 23.3 Å². The highest BCUT2D eigenvalue weighted by molar-refractivity contribution is 6.33. The molecule has 1 N–H and O–H groups in total. The molecule has 1 saturated heterocycles. The Labute approximate surface area is 138 Å². The molecule has 0 bridgehead atoms. The zero-order valence-corrected chi connectivity index (χ0v) is 13.7. The third kappa shape index (κ3) is 4.50. The third-order valence-electron chi connectivity index (χ3n) is 3.74. The summed E-state index contributed by atoms with van der Waals surface area (Å²) in [5.74, 6) is 0.171. The highest BCUT2D eigenvalue weighted by Crippen LogP contribution is 2.34. The molecule has 1 fully saturated rings. The Bertz CT molecular complexity index is 578. The molecule has 1 aliphatic heterocycles. The summed E-state index contributed by atoms with van der Waals surface area (Å²) < 4.78 is 38.0. The van der Waals surface area contributed by atoms with Crippen molar-refractivity contribution in [3.63, 3.8) is 0 Å². The molecular formula is C15H19ClF3N3O. The van der Waals surface area contributed by atoms with Crippen molar-refractivity contribution < 1.29 is 18.0 Å². The van der Waals surface area contributed by atoms with Gasteiger partial charge in [-0.25, -0.2) is 4.98 Å². The summed E-state index contributed by atoms with van der Waals surface area (Å²) >= 11 is 5.98. The number of piperidine rings is 1. The van der Waals surface area contributed by atoms with Crippen LogP contribution in [0.1, 0.15) is 32.3 Å². The fourth-order valence-electron chi connectivity index (χ4n) is 2.47. The van der Waals surface area contributed by atoms with Gasteiger partial charge in [-0.05, 0) is 18.9 Å². The molecule has 2 rings (SSSR count). The quantitative estimate of drug-likeness (QED) is 0.908. The number of halogens is 4. The second kappa shape index (κ2) is 6.95. The first kappa shape index (κ1) is 17.8. The summed E-state index contributed by atoms with van der Waals surface area (Å²) in [6.07, 6.45) is -2.04. The number of alkyl halides is 3. The standard InChI is InChI=1S/C15H19ClF3N3O/c1-9(2)14(23)21-11-4-3-5-22(8-11)13-12(16)6-10(7-20-13)15(17,18)19/h6-7,9,11H,3-5,8H2,1-2H3,(H,21,23)/t11-/m0/s1. The molecule has 0 saturated carbocycles. The molecule has 0 aromatic carbocycles. The van der Waals surface area contributed by atoms with Gasteiger partial charge in [0, 0.05) is 31.2 Å². The Morgan fingerprint density at radius 3 is 2.74 bits per heavy atom. The first-order chi connectivity index (χ1) is 10.7. The van der Waals surface area contributed by atoms with Crippen molar-refractivity contribution in [3.8, 4) is 0 Å². The van der Waals surface area contributed by atoms with Crippen molar-refractivity contribution in [2.45, 2.75) is 38.9 Å². The first-order valence-corrected chi connectivity index (χ1v) is 7.84. The maximum absolute atomic E-state index is 12.7. The van der Waals surface area contributed by atoms with Crippen molar-refractivity contribution in [3.05, 3.63) is 22.8 Å². The van der Waals surface area contributed by atoms with Crippen LogP contribution in [0.25, 0.3) is 0 Å². The van der Waals surface area contributed by atoms with Crippen molar-refractivity contribution in [2.75, 3.05) is 18.0 Å². The number of hydrogen-bond donors (Lipinski definition) is 1. The van der Waals surface area contributed by atoms with Gasteiger partial charge in [0.05, 0.1) is 10.6 Å². The second-order valence-electron chi connectivity index (χ2n) is 5.98. The van der Waals surface area contributed by atoms with Gasteiger partial charge in [-0.15, -0.1) is 0 Å². The topological polar surface area (TPSA) is 45.2 Å². The summed E-state index contributed by atoms with van der Waals surface area (Å²) in [4.78, 5) is 17.5. The van der Waals surface area contributed by atoms with Crippen LogP contribution in [0.15, 0.2) is 12.3 Å². The van der Waals surface area contributed by atoms with Gasteiger partial charge < -0.3 is 10.2 Å². The molecule has 0 radical (unpaired) electrons. The lowest BCUT2D eigenvalue weighted by molar-refractivity contribution is -0.137. The van der Waals surface area contributed by atoms with Crippen molar-refractivity contribution in [1.29, 1.82) is 0 Å². The summed E-state index contributed by atoms with van der Waals surface area (Å²) in [6, 6.07) is 0.832. The molecule has 4 nitrogen and oxygen atoms in total. The van der Waals surface area contributed by atoms with Crippen LogP contribution in [0, 0.1) is 5.92 Å². The van der Waals surface area contributed by atoms with Crippen molar-refractivity contribution in [1.82, 2.24) is 10.3 Å². The Morgan fingerprint density at radius 1 is 1.48 bits per heavy atom. The number of anilines is 1. The fourth-order valence-corrected chi connectivity index (χ4v) is 2.76. The molecule has 0 aliphatic carbocycles. The van der Waals surface area contributed by atoms with Gasteiger partial charge in [0.1, 0.15) is 5.82 Å². The zero-order chi connectivity index (χ0) is 17.2. The molecule has 8 heteroatoms. The molecule has 1 aromatic heterocycles. The molecule has 23 heavy (non-hydrogen) atoms. The van der Waals surface area contributed by atoms with E-state index >= 15 is 0 Å². The van der Waals surface area contributed by atoms with Crippen molar-refractivity contribution in [2.24, 2.45) is 5.92 Å². The number of nitrogens with zero attached hydrogens (tertiary/aromatic N) is 2. The highest BCUT2D eigenvalue weighted by Gasteiger charge is 2.32. The average Bonchev–Trinajstić information content (AvgIpc) is 2.46. The first-order valence-electron chi connectivity index (χ1n) is 7.46. The van der Waals surface area contributed by atoms with Gasteiger partial charge in [-0.3, -0.25) is 4.79 Å². The van der Waals surface area contributed by atoms with Crippen LogP contribution in [0.2, 0.25) is 5.02 Å². The van der Waals surface area contributed by atoms with Gasteiger partial charge in [-0.2, -0.15) is 13.2 Å². The Hall–Kier alpha value is -1.50. The largest absolute Gasteiger partial charge is 0.417 e. The predicted molar refractivity (Wildman–Crippen MR) is 82.5 cm³/mol. The van der Waals surface area contributed by atoms with Gasteiger partial charge in [0.2, 0.25) is 5.91 Å². The maximum atomic E-state index is 12.7. The Balaban J connectivity index is 2.11. The van der Waals surface area contributed by atoms with Gasteiger partial charge in [0.25, 0.3) is 0 Å². The van der Waals surface area contributed by atoms with Gasteiger partial charge in [0.15, 0.2) is 0 Å². The summed E-state index contributed by atoms with van der Waals surface area (Å²) in [5.41, 5.74) is -0.868. The minimum Gasteiger partial charge on any atom is -0.353 e. The van der Waals surface area contributed by atoms with Crippen LogP contribution >= 0.6 is 11.6 Å². The van der Waals surface area contributed by atoms with Gasteiger partial charge in [-0.1, -0.05) is 25.4 Å². The number of amides is 1. The molecule has 1 aliphatic rings. The molecule has 1 aromatic rings.